The standard InChI is InChI=1S/C90H166N6O36/c1-3-89(79-129-85(99)7-13-93-21-33-107-45-53-115-61-69-123-70-62-116-54-46-108-34-22-93,80-130-86(100)8-14-94-23-35-109-47-55-117-63-71-124-72-64-118-56-48-110-36-24-94)77-127-83(97)5-11-91-17-29-103-41-43-105-31-19-92(20-32-106-44-42-104-30-18-91)12-6-84(98)128-78-90(4-2,81-131-87(101)9-15-95-25-37-111-49-57-119-65-73-125-74-66-120-58-50-112-38-26-95)82-132-88(102)10-16-96-27-39-113-51-59-121-67-75-126-76-68-122-60-52-114-40-28-96/h3-82H2,1-2H3. The molecule has 0 aromatic carbocycles. The van der Waals surface area contributed by atoms with Crippen molar-refractivity contribution in [2.24, 2.45) is 10.8 Å². The van der Waals surface area contributed by atoms with Crippen LogP contribution >= 0.6 is 0 Å². The van der Waals surface area contributed by atoms with Gasteiger partial charge in [-0.2, -0.15) is 0 Å². The molecule has 0 spiro atoms. The van der Waals surface area contributed by atoms with Crippen molar-refractivity contribution in [3.05, 3.63) is 0 Å². The molecule has 0 atom stereocenters. The highest BCUT2D eigenvalue weighted by atomic mass is 16.6. The fraction of sp³-hybridized carbons (Fsp3) is 0.933. The van der Waals surface area contributed by atoms with Gasteiger partial charge < -0.3 is 142 Å². The molecule has 0 saturated carbocycles. The molecule has 0 unspecified atom stereocenters. The van der Waals surface area contributed by atoms with Crippen LogP contribution in [-0.4, -0.2) is 540 Å². The van der Waals surface area contributed by atoms with Crippen LogP contribution in [0.25, 0.3) is 0 Å². The smallest absolute Gasteiger partial charge is 0.307 e. The Kier molecular flexibility index (Phi) is 75.8. The Morgan fingerprint density at radius 3 is 0.348 bits per heavy atom. The Morgan fingerprint density at radius 1 is 0.167 bits per heavy atom. The van der Waals surface area contributed by atoms with E-state index in [1.54, 1.807) is 0 Å². The summed E-state index contributed by atoms with van der Waals surface area (Å²) in [5, 5.41) is 0. The second-order valence-electron chi connectivity index (χ2n) is 31.9. The van der Waals surface area contributed by atoms with Crippen LogP contribution in [0.3, 0.4) is 0 Å². The van der Waals surface area contributed by atoms with Gasteiger partial charge in [-0.25, -0.2) is 0 Å². The van der Waals surface area contributed by atoms with E-state index in [0.717, 1.165) is 0 Å². The van der Waals surface area contributed by atoms with Crippen molar-refractivity contribution >= 4 is 35.8 Å². The molecule has 0 aromatic rings. The van der Waals surface area contributed by atoms with Gasteiger partial charge in [0, 0.05) is 118 Å². The van der Waals surface area contributed by atoms with E-state index in [1.165, 1.54) is 0 Å². The molecular formula is C90H166N6O36. The fourth-order valence-corrected chi connectivity index (χ4v) is 13.1. The second kappa shape index (κ2) is 84.7. The van der Waals surface area contributed by atoms with Gasteiger partial charge in [0.2, 0.25) is 0 Å². The highest BCUT2D eigenvalue weighted by Gasteiger charge is 2.37. The molecule has 5 fully saturated rings. The lowest BCUT2D eigenvalue weighted by molar-refractivity contribution is -0.165. The normalized spacial score (nSPS) is 21.6. The maximum atomic E-state index is 13.9. The van der Waals surface area contributed by atoms with Crippen LogP contribution in [0.1, 0.15) is 65.2 Å². The van der Waals surface area contributed by atoms with E-state index in [4.69, 9.17) is 142 Å². The summed E-state index contributed by atoms with van der Waals surface area (Å²) in [5.74, 6) is -2.91. The monoisotopic (exact) mass is 1910 g/mol. The lowest BCUT2D eigenvalue weighted by Crippen LogP contribution is -2.40. The van der Waals surface area contributed by atoms with Crippen LogP contribution in [0.2, 0.25) is 0 Å². The minimum atomic E-state index is -1.09. The van der Waals surface area contributed by atoms with Crippen molar-refractivity contribution < 1.29 is 171 Å². The lowest BCUT2D eigenvalue weighted by Gasteiger charge is -2.31. The maximum absolute atomic E-state index is 13.9. The number of nitrogens with zero attached hydrogens (tertiary/aromatic N) is 6. The van der Waals surface area contributed by atoms with Gasteiger partial charge in [-0.15, -0.1) is 0 Å². The Balaban J connectivity index is 1.14. The van der Waals surface area contributed by atoms with Crippen molar-refractivity contribution in [1.82, 2.24) is 29.4 Å². The zero-order valence-corrected chi connectivity index (χ0v) is 79.9. The van der Waals surface area contributed by atoms with Crippen molar-refractivity contribution in [2.45, 2.75) is 65.2 Å². The largest absolute Gasteiger partial charge is 0.465 e. The number of carbonyl (C=O) groups is 6. The van der Waals surface area contributed by atoms with Gasteiger partial charge in [0.05, 0.1) is 366 Å². The van der Waals surface area contributed by atoms with Gasteiger partial charge in [0.1, 0.15) is 39.6 Å². The molecule has 0 N–H and O–H groups in total. The predicted octanol–water partition coefficient (Wildman–Crippen LogP) is 0.657. The van der Waals surface area contributed by atoms with E-state index in [2.05, 4.69) is 29.4 Å². The van der Waals surface area contributed by atoms with Crippen molar-refractivity contribution in [2.75, 3.05) is 475 Å². The van der Waals surface area contributed by atoms with E-state index >= 15 is 0 Å². The molecule has 0 bridgehead atoms. The quantitative estimate of drug-likeness (QED) is 0.0659. The molecule has 42 nitrogen and oxygen atoms in total. The minimum absolute atomic E-state index is 0.00660. The van der Waals surface area contributed by atoms with Gasteiger partial charge in [-0.1, -0.05) is 13.8 Å². The number of rotatable bonds is 32. The third kappa shape index (κ3) is 67.8. The van der Waals surface area contributed by atoms with E-state index in [1.807, 2.05) is 13.8 Å². The fourth-order valence-electron chi connectivity index (χ4n) is 13.1. The molecule has 0 amide bonds. The first kappa shape index (κ1) is 118. The molecule has 5 rings (SSSR count). The van der Waals surface area contributed by atoms with Gasteiger partial charge in [-0.05, 0) is 12.8 Å². The molecule has 132 heavy (non-hydrogen) atoms. The lowest BCUT2D eigenvalue weighted by atomic mass is 9.88. The average molecular weight is 1910 g/mol. The zero-order chi connectivity index (χ0) is 93.7. The van der Waals surface area contributed by atoms with E-state index in [9.17, 15) is 28.8 Å². The SMILES string of the molecule is CCC(COC(=O)CCN1CCOCCOCCOCCOCCOCC1)(COC(=O)CCN1CCOCCOCCOCCOCCOCC1)COC(=O)CCN1CCOCCOCCN(CCC(=O)OCC(CC)(COC(=O)CCN2CCOCCOCCOCCOCCOCC2)COC(=O)CCN2CCOCCOCCOCCOCCOCC2)CCOCCOCC1. The van der Waals surface area contributed by atoms with E-state index < -0.39 is 46.6 Å². The summed E-state index contributed by atoms with van der Waals surface area (Å²) in [6.45, 7) is 30.2. The molecule has 5 aliphatic rings. The molecule has 0 aliphatic carbocycles. The predicted molar refractivity (Wildman–Crippen MR) is 477 cm³/mol. The number of hydrogen-bond acceptors (Lipinski definition) is 42. The van der Waals surface area contributed by atoms with E-state index in [-0.39, 0.29) is 105 Å². The van der Waals surface area contributed by atoms with Crippen LogP contribution in [-0.2, 0) is 171 Å². The molecular weight excluding hydrogens is 1740 g/mol. The Morgan fingerprint density at radius 2 is 0.258 bits per heavy atom. The molecule has 5 heterocycles. The Labute approximate surface area is 783 Å². The first-order chi connectivity index (χ1) is 65.0. The van der Waals surface area contributed by atoms with Crippen LogP contribution in [0.5, 0.6) is 0 Å². The topological polar surface area (TPSA) is 399 Å². The molecule has 0 radical (unpaired) electrons. The Hall–Kier alpha value is -4.38. The van der Waals surface area contributed by atoms with Crippen LogP contribution in [0.4, 0.5) is 0 Å². The minimum Gasteiger partial charge on any atom is -0.465 e. The summed E-state index contributed by atoms with van der Waals surface area (Å²) in [7, 11) is 0. The number of carbonyl (C=O) groups excluding carboxylic acids is 6. The first-order valence-electron chi connectivity index (χ1n) is 48.1. The molecule has 772 valence electrons. The van der Waals surface area contributed by atoms with Crippen LogP contribution < -0.4 is 0 Å². The summed E-state index contributed by atoms with van der Waals surface area (Å²) >= 11 is 0. The molecule has 5 saturated heterocycles. The zero-order valence-electron chi connectivity index (χ0n) is 79.9. The Bertz CT molecular complexity index is 2350. The van der Waals surface area contributed by atoms with Crippen molar-refractivity contribution in [1.29, 1.82) is 0 Å². The highest BCUT2D eigenvalue weighted by Crippen LogP contribution is 2.27. The first-order valence-corrected chi connectivity index (χ1v) is 48.1. The van der Waals surface area contributed by atoms with Gasteiger partial charge in [0.25, 0.3) is 0 Å². The summed E-state index contributed by atoms with van der Waals surface area (Å²) in [6.07, 6.45) is 0.836. The molecule has 5 aliphatic heterocycles. The summed E-state index contributed by atoms with van der Waals surface area (Å²) in [4.78, 5) is 95.2. The maximum Gasteiger partial charge on any atom is 0.307 e. The number of esters is 6. The van der Waals surface area contributed by atoms with Crippen LogP contribution in [0, 0.1) is 10.8 Å². The number of ether oxygens (including phenoxy) is 30. The van der Waals surface area contributed by atoms with Crippen molar-refractivity contribution in [3.8, 4) is 0 Å². The molecule has 0 aromatic heterocycles. The third-order valence-corrected chi connectivity index (χ3v) is 21.8. The van der Waals surface area contributed by atoms with Gasteiger partial charge >= 0.3 is 35.8 Å². The van der Waals surface area contributed by atoms with Gasteiger partial charge in [-0.3, -0.25) is 58.2 Å². The summed E-state index contributed by atoms with van der Waals surface area (Å²) in [5.41, 5.74) is -2.19. The van der Waals surface area contributed by atoms with E-state index in [0.29, 0.717) is 421 Å². The summed E-state index contributed by atoms with van der Waals surface area (Å²) < 4.78 is 174. The second-order valence-corrected chi connectivity index (χ2v) is 31.9. The number of hydrogen-bond donors (Lipinski definition) is 0. The third-order valence-electron chi connectivity index (χ3n) is 21.8. The highest BCUT2D eigenvalue weighted by molar-refractivity contribution is 5.72. The van der Waals surface area contributed by atoms with Gasteiger partial charge in [0.15, 0.2) is 0 Å². The summed E-state index contributed by atoms with van der Waals surface area (Å²) in [6, 6.07) is 0. The van der Waals surface area contributed by atoms with Crippen LogP contribution in [0.15, 0.2) is 0 Å². The van der Waals surface area contributed by atoms with Crippen molar-refractivity contribution in [3.63, 3.8) is 0 Å². The average Bonchev–Trinajstić information content (AvgIpc) is 0.863. The molecule has 42 heteroatoms.